The van der Waals surface area contributed by atoms with Gasteiger partial charge in [-0.1, -0.05) is 0 Å². The van der Waals surface area contributed by atoms with Crippen molar-refractivity contribution in [2.45, 2.75) is 51.4 Å². The number of nitrogens with zero attached hydrogens (tertiary/aromatic N) is 3. The van der Waals surface area contributed by atoms with E-state index in [-0.39, 0.29) is 18.1 Å². The summed E-state index contributed by atoms with van der Waals surface area (Å²) in [5.41, 5.74) is 2.62. The molecule has 122 valence electrons. The summed E-state index contributed by atoms with van der Waals surface area (Å²) in [5, 5.41) is 4.46. The molecule has 0 saturated heterocycles. The van der Waals surface area contributed by atoms with E-state index in [1.807, 2.05) is 27.9 Å². The summed E-state index contributed by atoms with van der Waals surface area (Å²) in [5.74, 6) is -0.0300. The molecule has 0 radical (unpaired) electrons. The summed E-state index contributed by atoms with van der Waals surface area (Å²) >= 11 is 0. The number of aryl methyl sites for hydroxylation is 1. The quantitative estimate of drug-likeness (QED) is 0.831. The van der Waals surface area contributed by atoms with Crippen molar-refractivity contribution >= 4 is 5.91 Å². The summed E-state index contributed by atoms with van der Waals surface area (Å²) in [6.45, 7) is 5.24. The maximum Gasteiger partial charge on any atom is 0.274 e. The minimum Gasteiger partial charge on any atom is -0.376 e. The number of hydrogen-bond acceptors (Lipinski definition) is 4. The van der Waals surface area contributed by atoms with Gasteiger partial charge >= 0.3 is 0 Å². The maximum atomic E-state index is 12.7. The van der Waals surface area contributed by atoms with Gasteiger partial charge in [0.05, 0.1) is 30.6 Å². The Hall–Kier alpha value is -1.40. The second-order valence-corrected chi connectivity index (χ2v) is 6.43. The van der Waals surface area contributed by atoms with Crippen LogP contribution < -0.4 is 0 Å². The van der Waals surface area contributed by atoms with Gasteiger partial charge in [-0.15, -0.1) is 0 Å². The van der Waals surface area contributed by atoms with Crippen LogP contribution in [0.15, 0.2) is 0 Å². The van der Waals surface area contributed by atoms with Crippen LogP contribution in [0, 0.1) is 0 Å². The maximum absolute atomic E-state index is 12.7. The molecule has 3 rings (SSSR count). The van der Waals surface area contributed by atoms with E-state index in [0.717, 1.165) is 30.5 Å². The molecule has 6 nitrogen and oxygen atoms in total. The fourth-order valence-electron chi connectivity index (χ4n) is 3.08. The van der Waals surface area contributed by atoms with E-state index in [1.165, 1.54) is 0 Å². The molecule has 2 heterocycles. The highest BCUT2D eigenvalue weighted by Gasteiger charge is 2.32. The third-order valence-electron chi connectivity index (χ3n) is 4.36. The number of likely N-dealkylation sites (N-methyl/N-ethyl adjacent to an activating group) is 1. The van der Waals surface area contributed by atoms with Gasteiger partial charge in [0.15, 0.2) is 5.69 Å². The average Bonchev–Trinajstić information content (AvgIpc) is 3.21. The van der Waals surface area contributed by atoms with Crippen molar-refractivity contribution in [3.63, 3.8) is 0 Å². The Bertz CT molecular complexity index is 565. The second kappa shape index (κ2) is 6.01. The van der Waals surface area contributed by atoms with Crippen molar-refractivity contribution < 1.29 is 14.3 Å². The van der Waals surface area contributed by atoms with Crippen molar-refractivity contribution in [1.82, 2.24) is 14.7 Å². The molecular formula is C16H25N3O3. The van der Waals surface area contributed by atoms with Gasteiger partial charge in [0.1, 0.15) is 0 Å². The van der Waals surface area contributed by atoms with Crippen LogP contribution in [-0.2, 0) is 22.9 Å². The molecule has 1 fully saturated rings. The van der Waals surface area contributed by atoms with Crippen LogP contribution in [0.4, 0.5) is 0 Å². The Kier molecular flexibility index (Phi) is 4.23. The van der Waals surface area contributed by atoms with E-state index in [1.54, 1.807) is 9.58 Å². The highest BCUT2D eigenvalue weighted by Crippen LogP contribution is 2.32. The third-order valence-corrected chi connectivity index (χ3v) is 4.36. The Morgan fingerprint density at radius 2 is 2.18 bits per heavy atom. The summed E-state index contributed by atoms with van der Waals surface area (Å²) in [6.07, 6.45) is 3.55. The first kappa shape index (κ1) is 15.5. The molecule has 0 spiro atoms. The number of aromatic nitrogens is 2. The van der Waals surface area contributed by atoms with Crippen molar-refractivity contribution in [2.75, 3.05) is 20.2 Å². The molecule has 2 atom stereocenters. The smallest absolute Gasteiger partial charge is 0.274 e. The molecule has 1 saturated carbocycles. The van der Waals surface area contributed by atoms with Crippen LogP contribution in [0.5, 0.6) is 0 Å². The van der Waals surface area contributed by atoms with Crippen molar-refractivity contribution in [2.24, 2.45) is 7.05 Å². The molecule has 2 aliphatic rings. The van der Waals surface area contributed by atoms with E-state index < -0.39 is 0 Å². The van der Waals surface area contributed by atoms with Gasteiger partial charge in [-0.3, -0.25) is 9.48 Å². The van der Waals surface area contributed by atoms with E-state index in [0.29, 0.717) is 24.9 Å². The first-order valence-electron chi connectivity index (χ1n) is 8.05. The number of hydrogen-bond donors (Lipinski definition) is 0. The molecule has 1 amide bonds. The van der Waals surface area contributed by atoms with Gasteiger partial charge in [-0.25, -0.2) is 0 Å². The number of rotatable bonds is 5. The molecule has 0 N–H and O–H groups in total. The molecule has 1 aliphatic heterocycles. The molecule has 1 aromatic heterocycles. The average molecular weight is 307 g/mol. The topological polar surface area (TPSA) is 56.6 Å². The lowest BCUT2D eigenvalue weighted by atomic mass is 9.99. The highest BCUT2D eigenvalue weighted by molar-refractivity contribution is 5.94. The number of carbonyl (C=O) groups excluding carboxylic acids is 1. The zero-order chi connectivity index (χ0) is 15.9. The molecule has 0 bridgehead atoms. The molecule has 1 aliphatic carbocycles. The zero-order valence-electron chi connectivity index (χ0n) is 13.8. The number of fused-ring (bicyclic) bond motifs is 1. The van der Waals surface area contributed by atoms with Gasteiger partial charge in [-0.05, 0) is 26.7 Å². The van der Waals surface area contributed by atoms with Crippen LogP contribution >= 0.6 is 0 Å². The number of carbonyl (C=O) groups is 1. The standard InChI is InChI=1S/C16H25N3O3/c1-10-9-13-14(17-19(4)15(13)11(2)22-10)16(20)18(3)7-8-21-12-5-6-12/h10-12H,5-9H2,1-4H3/t10-,11+/m1/s1. The van der Waals surface area contributed by atoms with Gasteiger partial charge in [0.2, 0.25) is 0 Å². The van der Waals surface area contributed by atoms with E-state index in [2.05, 4.69) is 5.10 Å². The normalized spacial score (nSPS) is 24.2. The van der Waals surface area contributed by atoms with Crippen molar-refractivity contribution in [1.29, 1.82) is 0 Å². The van der Waals surface area contributed by atoms with Crippen LogP contribution in [0.2, 0.25) is 0 Å². The molecular weight excluding hydrogens is 282 g/mol. The van der Waals surface area contributed by atoms with E-state index >= 15 is 0 Å². The fraction of sp³-hybridized carbons (Fsp3) is 0.750. The van der Waals surface area contributed by atoms with E-state index in [9.17, 15) is 4.79 Å². The number of amides is 1. The molecule has 22 heavy (non-hydrogen) atoms. The largest absolute Gasteiger partial charge is 0.376 e. The van der Waals surface area contributed by atoms with Crippen LogP contribution in [0.3, 0.4) is 0 Å². The van der Waals surface area contributed by atoms with Crippen LogP contribution in [0.25, 0.3) is 0 Å². The minimum absolute atomic E-state index is 0.0266. The third kappa shape index (κ3) is 3.03. The Morgan fingerprint density at radius 1 is 1.45 bits per heavy atom. The summed E-state index contributed by atoms with van der Waals surface area (Å²) < 4.78 is 13.2. The van der Waals surface area contributed by atoms with Crippen molar-refractivity contribution in [3.8, 4) is 0 Å². The predicted octanol–water partition coefficient (Wildman–Crippen LogP) is 1.69. The van der Waals surface area contributed by atoms with Gasteiger partial charge in [-0.2, -0.15) is 5.10 Å². The Morgan fingerprint density at radius 3 is 2.86 bits per heavy atom. The van der Waals surface area contributed by atoms with Crippen molar-refractivity contribution in [3.05, 3.63) is 17.0 Å². The summed E-state index contributed by atoms with van der Waals surface area (Å²) in [4.78, 5) is 14.4. The lowest BCUT2D eigenvalue weighted by Gasteiger charge is -2.26. The molecule has 0 unspecified atom stereocenters. The van der Waals surface area contributed by atoms with Gasteiger partial charge < -0.3 is 14.4 Å². The minimum atomic E-state index is -0.0300. The van der Waals surface area contributed by atoms with Gasteiger partial charge in [0, 0.05) is 32.6 Å². The Balaban J connectivity index is 1.73. The molecule has 6 heteroatoms. The first-order valence-corrected chi connectivity index (χ1v) is 8.05. The SMILES string of the molecule is C[C@@H]1Cc2c(C(=O)N(C)CCOC3CC3)nn(C)c2[C@H](C)O1. The van der Waals surface area contributed by atoms with E-state index in [4.69, 9.17) is 9.47 Å². The predicted molar refractivity (Wildman–Crippen MR) is 81.8 cm³/mol. The fourth-order valence-corrected chi connectivity index (χ4v) is 3.08. The Labute approximate surface area is 131 Å². The zero-order valence-corrected chi connectivity index (χ0v) is 13.8. The highest BCUT2D eigenvalue weighted by atomic mass is 16.5. The molecule has 1 aromatic rings. The van der Waals surface area contributed by atoms with Crippen LogP contribution in [0.1, 0.15) is 54.5 Å². The first-order chi connectivity index (χ1) is 10.5. The monoisotopic (exact) mass is 307 g/mol. The lowest BCUT2D eigenvalue weighted by molar-refractivity contribution is -0.00907. The van der Waals surface area contributed by atoms with Gasteiger partial charge in [0.25, 0.3) is 5.91 Å². The van der Waals surface area contributed by atoms with Crippen LogP contribution in [-0.4, -0.2) is 53.0 Å². The molecule has 0 aromatic carbocycles. The number of ether oxygens (including phenoxy) is 2. The summed E-state index contributed by atoms with van der Waals surface area (Å²) in [6, 6.07) is 0. The second-order valence-electron chi connectivity index (χ2n) is 6.43. The lowest BCUT2D eigenvalue weighted by Crippen LogP contribution is -2.32. The summed E-state index contributed by atoms with van der Waals surface area (Å²) in [7, 11) is 3.69.